The van der Waals surface area contributed by atoms with Crippen LogP contribution in [0.15, 0.2) is 54.2 Å². The van der Waals surface area contributed by atoms with Crippen LogP contribution in [0.3, 0.4) is 0 Å². The Balaban J connectivity index is 2.08. The molecule has 2 aromatic carbocycles. The summed E-state index contributed by atoms with van der Waals surface area (Å²) in [6, 6.07) is 14.7. The van der Waals surface area contributed by atoms with E-state index in [2.05, 4.69) is 10.6 Å². The number of nitrogens with one attached hydrogen (secondary N) is 2. The third kappa shape index (κ3) is 6.28. The van der Waals surface area contributed by atoms with E-state index in [4.69, 9.17) is 9.47 Å². The molecule has 0 aliphatic heterocycles. The van der Waals surface area contributed by atoms with Gasteiger partial charge in [-0.25, -0.2) is 0 Å². The van der Waals surface area contributed by atoms with E-state index in [1.807, 2.05) is 52.0 Å². The van der Waals surface area contributed by atoms with Gasteiger partial charge in [0.25, 0.3) is 5.91 Å². The van der Waals surface area contributed by atoms with E-state index >= 15 is 0 Å². The first-order chi connectivity index (χ1) is 14.0. The molecule has 6 nitrogen and oxygen atoms in total. The monoisotopic (exact) mass is 393 g/mol. The minimum absolute atomic E-state index is 0.0173. The summed E-state index contributed by atoms with van der Waals surface area (Å²) in [4.78, 5) is 12.4. The van der Waals surface area contributed by atoms with E-state index in [0.717, 1.165) is 22.6 Å². The van der Waals surface area contributed by atoms with E-state index in [9.17, 15) is 10.1 Å². The molecule has 1 amide bonds. The van der Waals surface area contributed by atoms with E-state index in [1.54, 1.807) is 24.3 Å². The zero-order chi connectivity index (χ0) is 21.2. The number of carbonyl (C=O) groups is 1. The van der Waals surface area contributed by atoms with Gasteiger partial charge in [-0.05, 0) is 58.0 Å². The van der Waals surface area contributed by atoms with E-state index in [-0.39, 0.29) is 11.6 Å². The first-order valence-corrected chi connectivity index (χ1v) is 9.62. The fraction of sp³-hybridized carbons (Fsp3) is 0.304. The lowest BCUT2D eigenvalue weighted by atomic mass is 10.0. The predicted octanol–water partition coefficient (Wildman–Crippen LogP) is 4.49. The van der Waals surface area contributed by atoms with Crippen molar-refractivity contribution in [1.82, 2.24) is 5.32 Å². The maximum Gasteiger partial charge on any atom is 0.267 e. The maximum absolute atomic E-state index is 12.4. The molecule has 2 N–H and O–H groups in total. The van der Waals surface area contributed by atoms with Crippen LogP contribution in [0.1, 0.15) is 37.9 Å². The fourth-order valence-corrected chi connectivity index (χ4v) is 2.74. The molecule has 2 rings (SSSR count). The van der Waals surface area contributed by atoms with Crippen molar-refractivity contribution in [2.24, 2.45) is 0 Å². The SMILES string of the molecule is CCOc1ccc(NC(=O)/C(C#N)=C\NC(C)c2cc(C)ccc2OCC)cc1. The maximum atomic E-state index is 12.4. The number of rotatable bonds is 9. The minimum Gasteiger partial charge on any atom is -0.494 e. The van der Waals surface area contributed by atoms with Crippen LogP contribution in [0.25, 0.3) is 0 Å². The molecule has 1 atom stereocenters. The summed E-state index contributed by atoms with van der Waals surface area (Å²) < 4.78 is 11.1. The molecule has 0 radical (unpaired) electrons. The van der Waals surface area contributed by atoms with Crippen LogP contribution < -0.4 is 20.1 Å². The molecule has 0 aromatic heterocycles. The van der Waals surface area contributed by atoms with Crippen molar-refractivity contribution in [2.75, 3.05) is 18.5 Å². The van der Waals surface area contributed by atoms with Crippen LogP contribution in [-0.4, -0.2) is 19.1 Å². The summed E-state index contributed by atoms with van der Waals surface area (Å²) >= 11 is 0. The highest BCUT2D eigenvalue weighted by Gasteiger charge is 2.13. The van der Waals surface area contributed by atoms with Gasteiger partial charge in [-0.15, -0.1) is 0 Å². The standard InChI is InChI=1S/C23H27N3O3/c1-5-28-20-10-8-19(9-11-20)26-23(27)18(14-24)15-25-17(4)21-13-16(3)7-12-22(21)29-6-2/h7-13,15,17,25H,5-6H2,1-4H3,(H,26,27)/b18-15-. The number of nitriles is 1. The van der Waals surface area contributed by atoms with E-state index in [1.165, 1.54) is 6.20 Å². The average molecular weight is 393 g/mol. The molecule has 0 fully saturated rings. The van der Waals surface area contributed by atoms with Crippen molar-refractivity contribution in [3.05, 3.63) is 65.4 Å². The fourth-order valence-electron chi connectivity index (χ4n) is 2.74. The zero-order valence-corrected chi connectivity index (χ0v) is 17.3. The minimum atomic E-state index is -0.481. The van der Waals surface area contributed by atoms with Crippen LogP contribution >= 0.6 is 0 Å². The summed E-state index contributed by atoms with van der Waals surface area (Å²) in [5, 5.41) is 15.2. The second-order valence-electron chi connectivity index (χ2n) is 6.44. The first kappa shape index (κ1) is 21.8. The number of hydrogen-bond donors (Lipinski definition) is 2. The number of ether oxygens (including phenoxy) is 2. The largest absolute Gasteiger partial charge is 0.494 e. The third-order valence-corrected chi connectivity index (χ3v) is 4.20. The number of benzene rings is 2. The Morgan fingerprint density at radius 2 is 1.83 bits per heavy atom. The average Bonchev–Trinajstić information content (AvgIpc) is 2.71. The summed E-state index contributed by atoms with van der Waals surface area (Å²) in [5.74, 6) is 1.02. The molecule has 0 saturated heterocycles. The Hall–Kier alpha value is -3.46. The summed E-state index contributed by atoms with van der Waals surface area (Å²) in [6.07, 6.45) is 1.44. The Morgan fingerprint density at radius 1 is 1.14 bits per heavy atom. The van der Waals surface area contributed by atoms with Crippen LogP contribution in [0.5, 0.6) is 11.5 Å². The molecule has 2 aromatic rings. The Bertz CT molecular complexity index is 899. The summed E-state index contributed by atoms with van der Waals surface area (Å²) in [7, 11) is 0. The number of carbonyl (C=O) groups excluding carboxylic acids is 1. The van der Waals surface area contributed by atoms with Gasteiger partial charge in [-0.3, -0.25) is 4.79 Å². The molecule has 0 heterocycles. The quantitative estimate of drug-likeness (QED) is 0.484. The van der Waals surface area contributed by atoms with Gasteiger partial charge >= 0.3 is 0 Å². The second-order valence-corrected chi connectivity index (χ2v) is 6.44. The number of anilines is 1. The highest BCUT2D eigenvalue weighted by molar-refractivity contribution is 6.06. The first-order valence-electron chi connectivity index (χ1n) is 9.62. The predicted molar refractivity (Wildman–Crippen MR) is 114 cm³/mol. The van der Waals surface area contributed by atoms with Gasteiger partial charge in [0.2, 0.25) is 0 Å². The molecule has 0 aliphatic carbocycles. The van der Waals surface area contributed by atoms with Gasteiger partial charge in [-0.2, -0.15) is 5.26 Å². The molecule has 152 valence electrons. The van der Waals surface area contributed by atoms with Crippen molar-refractivity contribution in [3.8, 4) is 17.6 Å². The lowest BCUT2D eigenvalue weighted by Crippen LogP contribution is -2.19. The van der Waals surface area contributed by atoms with Crippen molar-refractivity contribution in [2.45, 2.75) is 33.7 Å². The number of hydrogen-bond acceptors (Lipinski definition) is 5. The Morgan fingerprint density at radius 3 is 2.45 bits per heavy atom. The van der Waals surface area contributed by atoms with Crippen LogP contribution in [0.4, 0.5) is 5.69 Å². The van der Waals surface area contributed by atoms with E-state index < -0.39 is 5.91 Å². The Labute approximate surface area is 172 Å². The molecule has 0 spiro atoms. The second kappa shape index (κ2) is 10.8. The van der Waals surface area contributed by atoms with E-state index in [0.29, 0.717) is 18.9 Å². The van der Waals surface area contributed by atoms with Gasteiger partial charge in [-0.1, -0.05) is 17.7 Å². The van der Waals surface area contributed by atoms with Crippen molar-refractivity contribution < 1.29 is 14.3 Å². The number of nitrogens with zero attached hydrogens (tertiary/aromatic N) is 1. The van der Waals surface area contributed by atoms with Gasteiger partial charge in [0.05, 0.1) is 19.3 Å². The smallest absolute Gasteiger partial charge is 0.267 e. The van der Waals surface area contributed by atoms with Crippen molar-refractivity contribution in [1.29, 1.82) is 5.26 Å². The molecule has 29 heavy (non-hydrogen) atoms. The topological polar surface area (TPSA) is 83.4 Å². The van der Waals surface area contributed by atoms with Gasteiger partial charge < -0.3 is 20.1 Å². The van der Waals surface area contributed by atoms with Crippen LogP contribution in [-0.2, 0) is 4.79 Å². The molecule has 1 unspecified atom stereocenters. The molecule has 6 heteroatoms. The third-order valence-electron chi connectivity index (χ3n) is 4.20. The Kier molecular flexibility index (Phi) is 8.11. The number of amides is 1. The lowest BCUT2D eigenvalue weighted by Gasteiger charge is -2.18. The zero-order valence-electron chi connectivity index (χ0n) is 17.3. The van der Waals surface area contributed by atoms with Crippen LogP contribution in [0, 0.1) is 18.3 Å². The number of aryl methyl sites for hydroxylation is 1. The van der Waals surface area contributed by atoms with Crippen LogP contribution in [0.2, 0.25) is 0 Å². The molecular formula is C23H27N3O3. The van der Waals surface area contributed by atoms with Crippen molar-refractivity contribution in [3.63, 3.8) is 0 Å². The molecule has 0 aliphatic rings. The highest BCUT2D eigenvalue weighted by Crippen LogP contribution is 2.26. The molecular weight excluding hydrogens is 366 g/mol. The van der Waals surface area contributed by atoms with Gasteiger partial charge in [0.15, 0.2) is 0 Å². The molecule has 0 saturated carbocycles. The van der Waals surface area contributed by atoms with Crippen molar-refractivity contribution >= 4 is 11.6 Å². The lowest BCUT2D eigenvalue weighted by molar-refractivity contribution is -0.112. The summed E-state index contributed by atoms with van der Waals surface area (Å²) in [6.45, 7) is 8.93. The summed E-state index contributed by atoms with van der Waals surface area (Å²) in [5.41, 5.74) is 2.64. The normalized spacial score (nSPS) is 11.9. The van der Waals surface area contributed by atoms with Gasteiger partial charge in [0.1, 0.15) is 23.1 Å². The van der Waals surface area contributed by atoms with Gasteiger partial charge in [0, 0.05) is 17.5 Å². The molecule has 0 bridgehead atoms. The highest BCUT2D eigenvalue weighted by atomic mass is 16.5.